The predicted octanol–water partition coefficient (Wildman–Crippen LogP) is 5.06. The fraction of sp³-hybridized carbons (Fsp3) is 0.226. The number of carbonyl (C=O) groups excluding carboxylic acids is 2. The SMILES string of the molecule is CCOC(=O)C1=C(C)NC(=S)N[C@H]1c1ccccc1OCC(=O)NN=Cc1cc(Br)cc(OC)c1OCc1ccccc1F. The first-order valence-corrected chi connectivity index (χ1v) is 14.6. The van der Waals surface area contributed by atoms with Gasteiger partial charge in [0, 0.05) is 26.9 Å². The Morgan fingerprint density at radius 3 is 2.61 bits per heavy atom. The highest BCUT2D eigenvalue weighted by Gasteiger charge is 2.32. The lowest BCUT2D eigenvalue weighted by Crippen LogP contribution is -2.45. The van der Waals surface area contributed by atoms with Crippen LogP contribution >= 0.6 is 28.1 Å². The Bertz CT molecular complexity index is 1620. The molecule has 1 aliphatic heterocycles. The second kappa shape index (κ2) is 15.3. The Morgan fingerprint density at radius 1 is 1.11 bits per heavy atom. The van der Waals surface area contributed by atoms with Crippen molar-refractivity contribution in [3.05, 3.63) is 98.9 Å². The van der Waals surface area contributed by atoms with Gasteiger partial charge in [-0.05, 0) is 50.3 Å². The second-order valence-corrected chi connectivity index (χ2v) is 10.6. The zero-order valence-electron chi connectivity index (χ0n) is 24.1. The van der Waals surface area contributed by atoms with Crippen molar-refractivity contribution < 1.29 is 32.9 Å². The third kappa shape index (κ3) is 8.11. The van der Waals surface area contributed by atoms with Crippen LogP contribution in [0.2, 0.25) is 0 Å². The van der Waals surface area contributed by atoms with Gasteiger partial charge in [-0.1, -0.05) is 52.3 Å². The van der Waals surface area contributed by atoms with E-state index in [9.17, 15) is 14.0 Å². The largest absolute Gasteiger partial charge is 0.493 e. The molecular weight excluding hydrogens is 655 g/mol. The van der Waals surface area contributed by atoms with Gasteiger partial charge in [0.1, 0.15) is 18.2 Å². The van der Waals surface area contributed by atoms with Crippen molar-refractivity contribution in [1.29, 1.82) is 0 Å². The van der Waals surface area contributed by atoms with Gasteiger partial charge in [0.25, 0.3) is 5.91 Å². The topological polar surface area (TPSA) is 120 Å². The minimum atomic E-state index is -0.658. The lowest BCUT2D eigenvalue weighted by atomic mass is 9.95. The van der Waals surface area contributed by atoms with E-state index in [0.29, 0.717) is 54.8 Å². The number of ether oxygens (including phenoxy) is 4. The van der Waals surface area contributed by atoms with E-state index in [0.717, 1.165) is 0 Å². The summed E-state index contributed by atoms with van der Waals surface area (Å²) in [5.41, 5.74) is 4.77. The zero-order chi connectivity index (χ0) is 31.6. The molecule has 0 aromatic heterocycles. The number of hydrogen-bond donors (Lipinski definition) is 3. The summed E-state index contributed by atoms with van der Waals surface area (Å²) in [6, 6.07) is 16.0. The monoisotopic (exact) mass is 684 g/mol. The number of thiocarbonyl (C=S) groups is 1. The van der Waals surface area contributed by atoms with Gasteiger partial charge in [0.2, 0.25) is 0 Å². The molecule has 1 amide bonds. The van der Waals surface area contributed by atoms with Crippen molar-refractivity contribution in [2.75, 3.05) is 20.3 Å². The fourth-order valence-electron chi connectivity index (χ4n) is 4.36. The highest BCUT2D eigenvalue weighted by Crippen LogP contribution is 2.35. The lowest BCUT2D eigenvalue weighted by Gasteiger charge is -2.30. The number of allylic oxidation sites excluding steroid dienone is 1. The molecule has 0 fully saturated rings. The number of amides is 1. The molecule has 1 atom stereocenters. The Hall–Kier alpha value is -4.49. The molecule has 0 saturated carbocycles. The molecule has 0 aliphatic carbocycles. The van der Waals surface area contributed by atoms with E-state index in [2.05, 4.69) is 37.1 Å². The maximum Gasteiger partial charge on any atom is 0.338 e. The molecule has 0 radical (unpaired) electrons. The Labute approximate surface area is 267 Å². The van der Waals surface area contributed by atoms with Crippen molar-refractivity contribution >= 4 is 51.4 Å². The predicted molar refractivity (Wildman–Crippen MR) is 170 cm³/mol. The lowest BCUT2D eigenvalue weighted by molar-refractivity contribution is -0.139. The summed E-state index contributed by atoms with van der Waals surface area (Å²) in [6.45, 7) is 3.24. The van der Waals surface area contributed by atoms with Crippen LogP contribution in [0.1, 0.15) is 36.6 Å². The summed E-state index contributed by atoms with van der Waals surface area (Å²) < 4.78 is 37.3. The molecule has 3 aromatic carbocycles. The number of rotatable bonds is 12. The van der Waals surface area contributed by atoms with Gasteiger partial charge >= 0.3 is 5.97 Å². The quantitative estimate of drug-likeness (QED) is 0.104. The summed E-state index contributed by atoms with van der Waals surface area (Å²) >= 11 is 8.74. The van der Waals surface area contributed by atoms with E-state index in [-0.39, 0.29) is 19.8 Å². The van der Waals surface area contributed by atoms with Gasteiger partial charge in [0.05, 0.1) is 31.5 Å². The maximum atomic E-state index is 14.1. The summed E-state index contributed by atoms with van der Waals surface area (Å²) in [7, 11) is 1.48. The first-order chi connectivity index (χ1) is 21.2. The summed E-state index contributed by atoms with van der Waals surface area (Å²) in [5.74, 6) is -0.367. The van der Waals surface area contributed by atoms with Crippen molar-refractivity contribution in [2.24, 2.45) is 5.10 Å². The van der Waals surface area contributed by atoms with Crippen LogP contribution in [0.3, 0.4) is 0 Å². The third-order valence-corrected chi connectivity index (χ3v) is 7.02. The van der Waals surface area contributed by atoms with E-state index < -0.39 is 23.7 Å². The Balaban J connectivity index is 1.46. The van der Waals surface area contributed by atoms with Crippen LogP contribution in [0, 0.1) is 5.82 Å². The van der Waals surface area contributed by atoms with E-state index in [1.54, 1.807) is 68.4 Å². The molecule has 0 bridgehead atoms. The molecule has 3 N–H and O–H groups in total. The van der Waals surface area contributed by atoms with E-state index in [1.807, 2.05) is 0 Å². The molecule has 0 unspecified atom stereocenters. The van der Waals surface area contributed by atoms with Gasteiger partial charge < -0.3 is 29.6 Å². The van der Waals surface area contributed by atoms with Crippen molar-refractivity contribution in [3.63, 3.8) is 0 Å². The number of halogens is 2. The summed E-state index contributed by atoms with van der Waals surface area (Å²) in [4.78, 5) is 25.5. The highest BCUT2D eigenvalue weighted by molar-refractivity contribution is 9.10. The number of carbonyl (C=O) groups is 2. The highest BCUT2D eigenvalue weighted by atomic mass is 79.9. The standard InChI is InChI=1S/C31H30BrFN4O6S/c1-4-41-30(39)27-18(2)35-31(44)36-28(27)22-10-6-8-12-24(22)42-17-26(38)37-34-15-20-13-21(32)14-25(40-3)29(20)43-16-19-9-5-7-11-23(19)33/h5-15,28H,4,16-17H2,1-3H3,(H,37,38)(H2,35,36,44)/t28-/m0/s1. The third-order valence-electron chi connectivity index (χ3n) is 6.34. The van der Waals surface area contributed by atoms with Crippen molar-refractivity contribution in [1.82, 2.24) is 16.1 Å². The van der Waals surface area contributed by atoms with E-state index in [4.69, 9.17) is 31.2 Å². The van der Waals surface area contributed by atoms with E-state index in [1.165, 1.54) is 19.4 Å². The van der Waals surface area contributed by atoms with Crippen molar-refractivity contribution in [2.45, 2.75) is 26.5 Å². The summed E-state index contributed by atoms with van der Waals surface area (Å²) in [5, 5.41) is 10.4. The van der Waals surface area contributed by atoms with Crippen LogP contribution in [0.5, 0.6) is 17.2 Å². The van der Waals surface area contributed by atoms with Gasteiger partial charge in [-0.2, -0.15) is 5.10 Å². The second-order valence-electron chi connectivity index (χ2n) is 9.32. The average molecular weight is 686 g/mol. The molecule has 0 saturated heterocycles. The zero-order valence-corrected chi connectivity index (χ0v) is 26.5. The van der Waals surface area contributed by atoms with Gasteiger partial charge in [-0.15, -0.1) is 0 Å². The van der Waals surface area contributed by atoms with Crippen LogP contribution in [-0.4, -0.2) is 43.5 Å². The number of methoxy groups -OCH3 is 1. The number of hydrogen-bond acceptors (Lipinski definition) is 8. The molecule has 230 valence electrons. The van der Waals surface area contributed by atoms with Gasteiger partial charge in [-0.3, -0.25) is 4.79 Å². The average Bonchev–Trinajstić information content (AvgIpc) is 2.99. The maximum absolute atomic E-state index is 14.1. The Kier molecular flexibility index (Phi) is 11.3. The normalized spacial score (nSPS) is 14.5. The number of hydrazone groups is 1. The molecule has 1 aliphatic rings. The molecular formula is C31H30BrFN4O6S. The summed E-state index contributed by atoms with van der Waals surface area (Å²) in [6.07, 6.45) is 1.38. The first kappa shape index (κ1) is 32.4. The number of nitrogens with zero attached hydrogens (tertiary/aromatic N) is 1. The number of para-hydroxylation sites is 1. The molecule has 44 heavy (non-hydrogen) atoms. The molecule has 0 spiro atoms. The number of esters is 1. The van der Waals surface area contributed by atoms with Gasteiger partial charge in [-0.25, -0.2) is 14.6 Å². The minimum absolute atomic E-state index is 0.0473. The van der Waals surface area contributed by atoms with Crippen LogP contribution in [0.4, 0.5) is 4.39 Å². The molecule has 10 nitrogen and oxygen atoms in total. The number of benzene rings is 3. The minimum Gasteiger partial charge on any atom is -0.493 e. The molecule has 4 rings (SSSR count). The van der Waals surface area contributed by atoms with Crippen molar-refractivity contribution in [3.8, 4) is 17.2 Å². The van der Waals surface area contributed by atoms with Crippen LogP contribution in [0.15, 0.2) is 81.5 Å². The molecule has 1 heterocycles. The molecule has 3 aromatic rings. The van der Waals surface area contributed by atoms with E-state index >= 15 is 0 Å². The fourth-order valence-corrected chi connectivity index (χ4v) is 5.09. The first-order valence-electron chi connectivity index (χ1n) is 13.4. The molecule has 13 heteroatoms. The Morgan fingerprint density at radius 2 is 1.86 bits per heavy atom. The number of nitrogens with one attached hydrogen (secondary N) is 3. The smallest absolute Gasteiger partial charge is 0.338 e. The van der Waals surface area contributed by atoms with Crippen LogP contribution < -0.4 is 30.3 Å². The van der Waals surface area contributed by atoms with Crippen LogP contribution in [-0.2, 0) is 20.9 Å². The van der Waals surface area contributed by atoms with Crippen LogP contribution in [0.25, 0.3) is 0 Å². The van der Waals surface area contributed by atoms with Gasteiger partial charge in [0.15, 0.2) is 23.2 Å².